The van der Waals surface area contributed by atoms with Crippen LogP contribution in [0.25, 0.3) is 10.9 Å². The number of para-hydroxylation sites is 1. The first-order valence-electron chi connectivity index (χ1n) is 6.00. The molecule has 0 amide bonds. The van der Waals surface area contributed by atoms with Gasteiger partial charge in [-0.15, -0.1) is 0 Å². The van der Waals surface area contributed by atoms with E-state index >= 15 is 0 Å². The lowest BCUT2D eigenvalue weighted by Crippen LogP contribution is -2.24. The van der Waals surface area contributed by atoms with Crippen LogP contribution >= 0.6 is 0 Å². The lowest BCUT2D eigenvalue weighted by Gasteiger charge is -2.19. The fourth-order valence-electron chi connectivity index (χ4n) is 1.84. The molecule has 1 aromatic heterocycles. The Morgan fingerprint density at radius 3 is 2.67 bits per heavy atom. The maximum absolute atomic E-state index is 11.8. The predicted octanol–water partition coefficient (Wildman–Crippen LogP) is 3.12. The maximum Gasteiger partial charge on any atom is 0.310 e. The van der Waals surface area contributed by atoms with Gasteiger partial charge < -0.3 is 4.74 Å². The molecule has 2 rings (SSSR count). The molecule has 0 unspecified atom stereocenters. The van der Waals surface area contributed by atoms with Gasteiger partial charge in [-0.25, -0.2) is 0 Å². The molecule has 0 bridgehead atoms. The summed E-state index contributed by atoms with van der Waals surface area (Å²) in [7, 11) is 0. The molecular formula is C15H17NO2. The van der Waals surface area contributed by atoms with Gasteiger partial charge in [0.25, 0.3) is 0 Å². The van der Waals surface area contributed by atoms with Crippen molar-refractivity contribution in [3.63, 3.8) is 0 Å². The van der Waals surface area contributed by atoms with E-state index in [-0.39, 0.29) is 12.4 Å². The zero-order valence-electron chi connectivity index (χ0n) is 10.9. The standard InChI is InChI=1S/C15H17NO2/c1-15(2,3)18-14(17)10-11-8-9-16-13-7-5-4-6-12(11)13/h4-9H,10H2,1-3H3. The van der Waals surface area contributed by atoms with Crippen molar-refractivity contribution in [3.05, 3.63) is 42.1 Å². The van der Waals surface area contributed by atoms with Crippen molar-refractivity contribution in [1.82, 2.24) is 4.98 Å². The number of benzene rings is 1. The summed E-state index contributed by atoms with van der Waals surface area (Å²) in [5.74, 6) is -0.209. The molecule has 0 aliphatic heterocycles. The first kappa shape index (κ1) is 12.6. The Kier molecular flexibility index (Phi) is 3.32. The fraction of sp³-hybridized carbons (Fsp3) is 0.333. The molecule has 0 N–H and O–H groups in total. The Hall–Kier alpha value is -1.90. The second-order valence-corrected chi connectivity index (χ2v) is 5.25. The molecule has 2 aromatic rings. The van der Waals surface area contributed by atoms with E-state index in [2.05, 4.69) is 4.98 Å². The highest BCUT2D eigenvalue weighted by molar-refractivity contribution is 5.86. The predicted molar refractivity (Wildman–Crippen MR) is 71.3 cm³/mol. The average molecular weight is 243 g/mol. The van der Waals surface area contributed by atoms with E-state index in [9.17, 15) is 4.79 Å². The SMILES string of the molecule is CC(C)(C)OC(=O)Cc1ccnc2ccccc12. The van der Waals surface area contributed by atoms with Crippen molar-refractivity contribution >= 4 is 16.9 Å². The number of hydrogen-bond acceptors (Lipinski definition) is 3. The highest BCUT2D eigenvalue weighted by Crippen LogP contribution is 2.18. The van der Waals surface area contributed by atoms with Crippen molar-refractivity contribution in [2.45, 2.75) is 32.8 Å². The first-order chi connectivity index (χ1) is 8.46. The molecule has 3 heteroatoms. The van der Waals surface area contributed by atoms with Gasteiger partial charge in [0.1, 0.15) is 5.60 Å². The van der Waals surface area contributed by atoms with Crippen LogP contribution in [0.5, 0.6) is 0 Å². The third-order valence-corrected chi connectivity index (χ3v) is 2.49. The number of hydrogen-bond donors (Lipinski definition) is 0. The van der Waals surface area contributed by atoms with E-state index in [1.54, 1.807) is 6.20 Å². The molecule has 94 valence electrons. The summed E-state index contributed by atoms with van der Waals surface area (Å²) in [6.45, 7) is 5.61. The summed E-state index contributed by atoms with van der Waals surface area (Å²) in [4.78, 5) is 16.1. The molecule has 1 heterocycles. The van der Waals surface area contributed by atoms with E-state index in [1.165, 1.54) is 0 Å². The zero-order chi connectivity index (χ0) is 13.2. The van der Waals surface area contributed by atoms with Crippen LogP contribution < -0.4 is 0 Å². The molecule has 18 heavy (non-hydrogen) atoms. The molecule has 0 aliphatic carbocycles. The van der Waals surface area contributed by atoms with Gasteiger partial charge in [0.2, 0.25) is 0 Å². The molecule has 0 saturated heterocycles. The fourth-order valence-corrected chi connectivity index (χ4v) is 1.84. The third kappa shape index (κ3) is 3.06. The Bertz CT molecular complexity index is 565. The molecular weight excluding hydrogens is 226 g/mol. The maximum atomic E-state index is 11.8. The first-order valence-corrected chi connectivity index (χ1v) is 6.00. The lowest BCUT2D eigenvalue weighted by atomic mass is 10.1. The summed E-state index contributed by atoms with van der Waals surface area (Å²) in [6, 6.07) is 9.66. The van der Waals surface area contributed by atoms with Crippen LogP contribution in [0.15, 0.2) is 36.5 Å². The van der Waals surface area contributed by atoms with Gasteiger partial charge in [0.05, 0.1) is 11.9 Å². The highest BCUT2D eigenvalue weighted by Gasteiger charge is 2.17. The second kappa shape index (κ2) is 4.77. The van der Waals surface area contributed by atoms with E-state index < -0.39 is 5.60 Å². The van der Waals surface area contributed by atoms with Crippen LogP contribution in [0.4, 0.5) is 0 Å². The largest absolute Gasteiger partial charge is 0.460 e. The van der Waals surface area contributed by atoms with Gasteiger partial charge in [0, 0.05) is 11.6 Å². The molecule has 0 spiro atoms. The molecule has 1 aromatic carbocycles. The average Bonchev–Trinajstić information content (AvgIpc) is 2.27. The number of aromatic nitrogens is 1. The van der Waals surface area contributed by atoms with E-state index in [0.29, 0.717) is 0 Å². The Balaban J connectivity index is 2.24. The topological polar surface area (TPSA) is 39.2 Å². The van der Waals surface area contributed by atoms with E-state index in [4.69, 9.17) is 4.74 Å². The van der Waals surface area contributed by atoms with Crippen LogP contribution in [-0.2, 0) is 16.0 Å². The number of carbonyl (C=O) groups is 1. The number of fused-ring (bicyclic) bond motifs is 1. The Morgan fingerprint density at radius 1 is 1.22 bits per heavy atom. The second-order valence-electron chi connectivity index (χ2n) is 5.25. The minimum Gasteiger partial charge on any atom is -0.460 e. The minimum atomic E-state index is -0.445. The zero-order valence-corrected chi connectivity index (χ0v) is 10.9. The Labute approximate surface area is 107 Å². The van der Waals surface area contributed by atoms with Gasteiger partial charge in [0.15, 0.2) is 0 Å². The number of ether oxygens (including phenoxy) is 1. The summed E-state index contributed by atoms with van der Waals surface area (Å²) in [5, 5.41) is 1.01. The molecule has 0 atom stereocenters. The number of carbonyl (C=O) groups excluding carboxylic acids is 1. The third-order valence-electron chi connectivity index (χ3n) is 2.49. The minimum absolute atomic E-state index is 0.209. The van der Waals surface area contributed by atoms with Gasteiger partial charge in [-0.05, 0) is 38.5 Å². The van der Waals surface area contributed by atoms with Crippen LogP contribution in [0, 0.1) is 0 Å². The van der Waals surface area contributed by atoms with Gasteiger partial charge in [-0.2, -0.15) is 0 Å². The Morgan fingerprint density at radius 2 is 1.94 bits per heavy atom. The number of rotatable bonds is 2. The number of pyridine rings is 1. The van der Waals surface area contributed by atoms with E-state index in [1.807, 2.05) is 51.1 Å². The summed E-state index contributed by atoms with van der Waals surface area (Å²) in [6.07, 6.45) is 2.00. The summed E-state index contributed by atoms with van der Waals surface area (Å²) >= 11 is 0. The molecule has 0 radical (unpaired) electrons. The molecule has 0 fully saturated rings. The van der Waals surface area contributed by atoms with Gasteiger partial charge in [-0.3, -0.25) is 9.78 Å². The molecule has 0 saturated carbocycles. The smallest absolute Gasteiger partial charge is 0.310 e. The van der Waals surface area contributed by atoms with Crippen molar-refractivity contribution < 1.29 is 9.53 Å². The highest BCUT2D eigenvalue weighted by atomic mass is 16.6. The number of esters is 1. The van der Waals surface area contributed by atoms with Gasteiger partial charge in [-0.1, -0.05) is 18.2 Å². The van der Waals surface area contributed by atoms with Crippen molar-refractivity contribution in [1.29, 1.82) is 0 Å². The van der Waals surface area contributed by atoms with Crippen molar-refractivity contribution in [3.8, 4) is 0 Å². The van der Waals surface area contributed by atoms with E-state index in [0.717, 1.165) is 16.5 Å². The monoisotopic (exact) mass is 243 g/mol. The number of nitrogens with zero attached hydrogens (tertiary/aromatic N) is 1. The summed E-state index contributed by atoms with van der Waals surface area (Å²) < 4.78 is 5.33. The molecule has 0 aliphatic rings. The van der Waals surface area contributed by atoms with Gasteiger partial charge >= 0.3 is 5.97 Å². The quantitative estimate of drug-likeness (QED) is 0.761. The van der Waals surface area contributed by atoms with Crippen LogP contribution in [0.3, 0.4) is 0 Å². The van der Waals surface area contributed by atoms with Crippen LogP contribution in [-0.4, -0.2) is 16.6 Å². The summed E-state index contributed by atoms with van der Waals surface area (Å²) in [5.41, 5.74) is 1.41. The lowest BCUT2D eigenvalue weighted by molar-refractivity contribution is -0.153. The van der Waals surface area contributed by atoms with Crippen molar-refractivity contribution in [2.75, 3.05) is 0 Å². The van der Waals surface area contributed by atoms with Crippen LogP contribution in [0.2, 0.25) is 0 Å². The van der Waals surface area contributed by atoms with Crippen molar-refractivity contribution in [2.24, 2.45) is 0 Å². The molecule has 3 nitrogen and oxygen atoms in total. The normalized spacial score (nSPS) is 11.5. The van der Waals surface area contributed by atoms with Crippen LogP contribution in [0.1, 0.15) is 26.3 Å².